The predicted octanol–water partition coefficient (Wildman–Crippen LogP) is 2.98. The van der Waals surface area contributed by atoms with Gasteiger partial charge < -0.3 is 15.7 Å². The van der Waals surface area contributed by atoms with E-state index in [1.165, 1.54) is 4.88 Å². The van der Waals surface area contributed by atoms with Gasteiger partial charge in [0.15, 0.2) is 5.13 Å². The number of alkyl halides is 1. The highest BCUT2D eigenvalue weighted by Gasteiger charge is 2.18. The Bertz CT molecular complexity index is 478. The molecule has 0 aliphatic heterocycles. The van der Waals surface area contributed by atoms with Crippen LogP contribution in [0.5, 0.6) is 0 Å². The zero-order valence-corrected chi connectivity index (χ0v) is 14.1. The van der Waals surface area contributed by atoms with Gasteiger partial charge in [-0.15, -0.1) is 34.3 Å². The summed E-state index contributed by atoms with van der Waals surface area (Å²) >= 11 is 9.78. The molecule has 4 nitrogen and oxygen atoms in total. The van der Waals surface area contributed by atoms with Crippen LogP contribution in [0, 0.1) is 0 Å². The number of thiophene rings is 1. The van der Waals surface area contributed by atoms with Gasteiger partial charge in [0, 0.05) is 47.4 Å². The molecule has 0 fully saturated rings. The summed E-state index contributed by atoms with van der Waals surface area (Å²) < 4.78 is 0. The number of hydrogen-bond acceptors (Lipinski definition) is 6. The van der Waals surface area contributed by atoms with Crippen molar-refractivity contribution in [3.05, 3.63) is 34.0 Å². The number of hydrogen-bond donors (Lipinski definition) is 3. The number of aromatic nitrogens is 1. The Hall–Kier alpha value is -0.660. The van der Waals surface area contributed by atoms with Gasteiger partial charge in [0.25, 0.3) is 0 Å². The summed E-state index contributed by atoms with van der Waals surface area (Å²) in [4.78, 5) is 5.59. The van der Waals surface area contributed by atoms with Crippen LogP contribution in [0.1, 0.15) is 17.2 Å². The second kappa shape index (κ2) is 9.38. The Balaban J connectivity index is 1.86. The first-order chi connectivity index (χ1) is 10.3. The lowest BCUT2D eigenvalue weighted by Crippen LogP contribution is -2.28. The fraction of sp³-hybridized carbons (Fsp3) is 0.500. The first-order valence-electron chi connectivity index (χ1n) is 6.92. The third-order valence-electron chi connectivity index (χ3n) is 3.07. The number of aliphatic hydroxyl groups is 1. The van der Waals surface area contributed by atoms with E-state index in [0.717, 1.165) is 18.1 Å². The van der Waals surface area contributed by atoms with E-state index in [0.29, 0.717) is 19.0 Å². The molecule has 2 atom stereocenters. The lowest BCUT2D eigenvalue weighted by molar-refractivity contribution is 0.292. The van der Waals surface area contributed by atoms with E-state index < -0.39 is 0 Å². The molecule has 0 saturated heterocycles. The molecule has 0 aromatic carbocycles. The SMILES string of the molecule is OCCNCC(Cl)CC(CNc1nccs1)c1cccs1. The van der Waals surface area contributed by atoms with Crippen LogP contribution >= 0.6 is 34.3 Å². The molecule has 2 unspecified atom stereocenters. The van der Waals surface area contributed by atoms with Crippen LogP contribution in [-0.2, 0) is 0 Å². The standard InChI is InChI=1S/C14H20ClN3OS2/c15-12(10-16-3-5-19)8-11(13-2-1-6-20-13)9-18-14-17-4-7-21-14/h1-2,4,6-7,11-12,16,19H,3,5,8-10H2,(H,17,18). The van der Waals surface area contributed by atoms with Crippen molar-refractivity contribution in [1.29, 1.82) is 0 Å². The predicted molar refractivity (Wildman–Crippen MR) is 91.9 cm³/mol. The molecule has 0 amide bonds. The fourth-order valence-electron chi connectivity index (χ4n) is 2.07. The topological polar surface area (TPSA) is 57.2 Å². The monoisotopic (exact) mass is 345 g/mol. The summed E-state index contributed by atoms with van der Waals surface area (Å²) in [6.07, 6.45) is 2.69. The van der Waals surface area contributed by atoms with Crippen LogP contribution in [0.3, 0.4) is 0 Å². The van der Waals surface area contributed by atoms with Crippen molar-refractivity contribution in [2.75, 3.05) is 31.6 Å². The number of nitrogens with zero attached hydrogens (tertiary/aromatic N) is 1. The third-order valence-corrected chi connectivity index (χ3v) is 5.17. The molecule has 0 aliphatic carbocycles. The summed E-state index contributed by atoms with van der Waals surface area (Å²) in [5, 5.41) is 20.4. The molecule has 0 radical (unpaired) electrons. The van der Waals surface area contributed by atoms with Gasteiger partial charge in [-0.25, -0.2) is 4.98 Å². The molecule has 2 aromatic rings. The average molecular weight is 346 g/mol. The third kappa shape index (κ3) is 5.92. The van der Waals surface area contributed by atoms with Gasteiger partial charge >= 0.3 is 0 Å². The van der Waals surface area contributed by atoms with Crippen LogP contribution < -0.4 is 10.6 Å². The number of thiazole rings is 1. The van der Waals surface area contributed by atoms with Gasteiger partial charge in [0.1, 0.15) is 0 Å². The largest absolute Gasteiger partial charge is 0.395 e. The normalized spacial score (nSPS) is 14.0. The second-order valence-electron chi connectivity index (χ2n) is 4.69. The Morgan fingerprint density at radius 3 is 2.86 bits per heavy atom. The summed E-state index contributed by atoms with van der Waals surface area (Å²) in [7, 11) is 0. The number of anilines is 1. The maximum Gasteiger partial charge on any atom is 0.182 e. The smallest absolute Gasteiger partial charge is 0.182 e. The lowest BCUT2D eigenvalue weighted by Gasteiger charge is -2.19. The number of rotatable bonds is 10. The number of aliphatic hydroxyl groups excluding tert-OH is 1. The van der Waals surface area contributed by atoms with E-state index in [2.05, 4.69) is 33.1 Å². The Morgan fingerprint density at radius 1 is 1.29 bits per heavy atom. The van der Waals surface area contributed by atoms with Crippen molar-refractivity contribution in [3.8, 4) is 0 Å². The van der Waals surface area contributed by atoms with Gasteiger partial charge in [-0.2, -0.15) is 0 Å². The highest BCUT2D eigenvalue weighted by molar-refractivity contribution is 7.13. The fourth-order valence-corrected chi connectivity index (χ4v) is 3.78. The van der Waals surface area contributed by atoms with E-state index in [1.807, 2.05) is 5.38 Å². The maximum atomic E-state index is 8.78. The van der Waals surface area contributed by atoms with E-state index in [-0.39, 0.29) is 12.0 Å². The van der Waals surface area contributed by atoms with E-state index >= 15 is 0 Å². The first kappa shape index (κ1) is 16.7. The molecular weight excluding hydrogens is 326 g/mol. The van der Waals surface area contributed by atoms with Crippen LogP contribution in [0.4, 0.5) is 5.13 Å². The quantitative estimate of drug-likeness (QED) is 0.457. The van der Waals surface area contributed by atoms with Crippen LogP contribution in [0.25, 0.3) is 0 Å². The Labute approximate surface area is 138 Å². The second-order valence-corrected chi connectivity index (χ2v) is 7.18. The molecule has 0 saturated carbocycles. The van der Waals surface area contributed by atoms with Crippen molar-refractivity contribution >= 4 is 39.4 Å². The Morgan fingerprint density at radius 2 is 2.19 bits per heavy atom. The molecule has 2 rings (SSSR count). The zero-order chi connectivity index (χ0) is 14.9. The number of nitrogens with one attached hydrogen (secondary N) is 2. The molecule has 0 aliphatic rings. The van der Waals surface area contributed by atoms with Crippen LogP contribution in [0.2, 0.25) is 0 Å². The van der Waals surface area contributed by atoms with E-state index in [9.17, 15) is 0 Å². The van der Waals surface area contributed by atoms with Crippen molar-refractivity contribution < 1.29 is 5.11 Å². The van der Waals surface area contributed by atoms with E-state index in [4.69, 9.17) is 16.7 Å². The molecule has 116 valence electrons. The van der Waals surface area contributed by atoms with Gasteiger partial charge in [-0.05, 0) is 17.9 Å². The highest BCUT2D eigenvalue weighted by atomic mass is 35.5. The summed E-state index contributed by atoms with van der Waals surface area (Å²) in [5.41, 5.74) is 0. The zero-order valence-electron chi connectivity index (χ0n) is 11.7. The molecule has 2 aromatic heterocycles. The molecule has 0 bridgehead atoms. The highest BCUT2D eigenvalue weighted by Crippen LogP contribution is 2.28. The van der Waals surface area contributed by atoms with Crippen LogP contribution in [-0.4, -0.2) is 41.7 Å². The minimum Gasteiger partial charge on any atom is -0.395 e. The van der Waals surface area contributed by atoms with Gasteiger partial charge in [0.05, 0.1) is 6.61 Å². The molecule has 2 heterocycles. The summed E-state index contributed by atoms with van der Waals surface area (Å²) in [5.74, 6) is 0.368. The first-order valence-corrected chi connectivity index (χ1v) is 9.11. The molecular formula is C14H20ClN3OS2. The molecule has 3 N–H and O–H groups in total. The minimum atomic E-state index is 0.0433. The molecule has 21 heavy (non-hydrogen) atoms. The van der Waals surface area contributed by atoms with Gasteiger partial charge in [-0.3, -0.25) is 0 Å². The van der Waals surface area contributed by atoms with Crippen molar-refractivity contribution in [3.63, 3.8) is 0 Å². The Kier molecular flexibility index (Phi) is 7.46. The molecule has 0 spiro atoms. The van der Waals surface area contributed by atoms with Crippen molar-refractivity contribution in [2.24, 2.45) is 0 Å². The molecule has 7 heteroatoms. The maximum absolute atomic E-state index is 8.78. The summed E-state index contributed by atoms with van der Waals surface area (Å²) in [6, 6.07) is 4.23. The number of halogens is 1. The minimum absolute atomic E-state index is 0.0433. The van der Waals surface area contributed by atoms with Gasteiger partial charge in [0.2, 0.25) is 0 Å². The van der Waals surface area contributed by atoms with Gasteiger partial charge in [-0.1, -0.05) is 6.07 Å². The van der Waals surface area contributed by atoms with Crippen LogP contribution in [0.15, 0.2) is 29.1 Å². The van der Waals surface area contributed by atoms with Crippen molar-refractivity contribution in [2.45, 2.75) is 17.7 Å². The van der Waals surface area contributed by atoms with Crippen molar-refractivity contribution in [1.82, 2.24) is 10.3 Å². The summed E-state index contributed by atoms with van der Waals surface area (Å²) in [6.45, 7) is 2.27. The lowest BCUT2D eigenvalue weighted by atomic mass is 10.0. The van der Waals surface area contributed by atoms with E-state index in [1.54, 1.807) is 28.9 Å². The average Bonchev–Trinajstić information content (AvgIpc) is 3.16.